The van der Waals surface area contributed by atoms with E-state index in [2.05, 4.69) is 22.3 Å². The number of benzene rings is 1. The number of nitrogens with zero attached hydrogens (tertiary/aromatic N) is 1. The molecule has 0 spiro atoms. The van der Waals surface area contributed by atoms with Crippen molar-refractivity contribution >= 4 is 5.91 Å². The quantitative estimate of drug-likeness (QED) is 0.898. The van der Waals surface area contributed by atoms with Gasteiger partial charge in [0, 0.05) is 31.1 Å². The van der Waals surface area contributed by atoms with Gasteiger partial charge in [-0.1, -0.05) is 12.1 Å². The summed E-state index contributed by atoms with van der Waals surface area (Å²) in [5.41, 5.74) is 1.27. The number of hydrogen-bond donors (Lipinski definition) is 1. The molecule has 1 heterocycles. The van der Waals surface area contributed by atoms with Crippen molar-refractivity contribution in [2.75, 3.05) is 20.3 Å². The number of nitrogens with one attached hydrogen (secondary N) is 1. The predicted molar refractivity (Wildman–Crippen MR) is 92.9 cm³/mol. The van der Waals surface area contributed by atoms with Crippen molar-refractivity contribution in [3.8, 4) is 5.75 Å². The lowest BCUT2D eigenvalue weighted by Crippen LogP contribution is -2.47. The standard InChI is InChI=1S/C19H28N2O3/c1-13(2)20-19(22)15-10-17-18(11-15)24-9-8-21(17)12-14-4-6-16(23-3)7-5-14/h4-7,13,15,17-18H,8-12H2,1-3H3,(H,20,22)/t15-,17+,18+/m1/s1. The molecule has 3 atom stereocenters. The monoisotopic (exact) mass is 332 g/mol. The van der Waals surface area contributed by atoms with Gasteiger partial charge in [0.2, 0.25) is 5.91 Å². The van der Waals surface area contributed by atoms with Gasteiger partial charge in [-0.3, -0.25) is 9.69 Å². The van der Waals surface area contributed by atoms with Crippen molar-refractivity contribution in [3.05, 3.63) is 29.8 Å². The molecule has 1 saturated carbocycles. The van der Waals surface area contributed by atoms with Gasteiger partial charge >= 0.3 is 0 Å². The van der Waals surface area contributed by atoms with E-state index >= 15 is 0 Å². The van der Waals surface area contributed by atoms with Crippen LogP contribution in [-0.4, -0.2) is 49.3 Å². The van der Waals surface area contributed by atoms with Crippen LogP contribution in [0.3, 0.4) is 0 Å². The molecule has 1 aliphatic carbocycles. The Morgan fingerprint density at radius 1 is 1.33 bits per heavy atom. The fourth-order valence-electron chi connectivity index (χ4n) is 3.81. The number of rotatable bonds is 5. The van der Waals surface area contributed by atoms with Crippen LogP contribution in [0.4, 0.5) is 0 Å². The number of fused-ring (bicyclic) bond motifs is 1. The topological polar surface area (TPSA) is 50.8 Å². The van der Waals surface area contributed by atoms with Gasteiger partial charge in [-0.15, -0.1) is 0 Å². The number of morpholine rings is 1. The van der Waals surface area contributed by atoms with E-state index in [0.717, 1.165) is 38.3 Å². The molecule has 132 valence electrons. The second-order valence-electron chi connectivity index (χ2n) is 7.13. The number of carbonyl (C=O) groups is 1. The number of amides is 1. The van der Waals surface area contributed by atoms with E-state index in [9.17, 15) is 4.79 Å². The molecule has 1 aromatic carbocycles. The third-order valence-corrected chi connectivity index (χ3v) is 5.00. The van der Waals surface area contributed by atoms with Gasteiger partial charge in [0.05, 0.1) is 19.8 Å². The largest absolute Gasteiger partial charge is 0.497 e. The normalized spacial score (nSPS) is 27.1. The highest BCUT2D eigenvalue weighted by Crippen LogP contribution is 2.35. The Balaban J connectivity index is 1.63. The lowest BCUT2D eigenvalue weighted by Gasteiger charge is -2.37. The van der Waals surface area contributed by atoms with Crippen molar-refractivity contribution < 1.29 is 14.3 Å². The first kappa shape index (κ1) is 17.2. The van der Waals surface area contributed by atoms with E-state index in [1.165, 1.54) is 5.56 Å². The fraction of sp³-hybridized carbons (Fsp3) is 0.632. The third kappa shape index (κ3) is 3.90. The number of hydrogen-bond acceptors (Lipinski definition) is 4. The summed E-state index contributed by atoms with van der Waals surface area (Å²) in [4.78, 5) is 14.8. The molecular weight excluding hydrogens is 304 g/mol. The maximum atomic E-state index is 12.3. The zero-order chi connectivity index (χ0) is 17.1. The van der Waals surface area contributed by atoms with E-state index in [-0.39, 0.29) is 24.0 Å². The molecule has 2 fully saturated rings. The first-order valence-electron chi connectivity index (χ1n) is 8.85. The molecule has 0 bridgehead atoms. The van der Waals surface area contributed by atoms with E-state index in [0.29, 0.717) is 6.04 Å². The van der Waals surface area contributed by atoms with Crippen LogP contribution >= 0.6 is 0 Å². The fourth-order valence-corrected chi connectivity index (χ4v) is 3.81. The summed E-state index contributed by atoms with van der Waals surface area (Å²) in [6, 6.07) is 8.75. The van der Waals surface area contributed by atoms with Crippen LogP contribution in [0.2, 0.25) is 0 Å². The van der Waals surface area contributed by atoms with Gasteiger partial charge in [0.1, 0.15) is 5.75 Å². The maximum Gasteiger partial charge on any atom is 0.223 e. The van der Waals surface area contributed by atoms with Crippen LogP contribution in [0, 0.1) is 5.92 Å². The van der Waals surface area contributed by atoms with Crippen molar-refractivity contribution in [1.29, 1.82) is 0 Å². The third-order valence-electron chi connectivity index (χ3n) is 5.00. The summed E-state index contributed by atoms with van der Waals surface area (Å²) in [7, 11) is 1.68. The molecule has 5 heteroatoms. The molecule has 0 unspecified atom stereocenters. The first-order valence-corrected chi connectivity index (χ1v) is 8.85. The van der Waals surface area contributed by atoms with Crippen molar-refractivity contribution in [2.24, 2.45) is 5.92 Å². The minimum atomic E-state index is 0.0684. The molecule has 3 rings (SSSR count). The Morgan fingerprint density at radius 2 is 2.08 bits per heavy atom. The minimum absolute atomic E-state index is 0.0684. The summed E-state index contributed by atoms with van der Waals surface area (Å²) in [5, 5.41) is 3.04. The lowest BCUT2D eigenvalue weighted by molar-refractivity contribution is -0.125. The van der Waals surface area contributed by atoms with Crippen molar-refractivity contribution in [2.45, 2.75) is 51.4 Å². The van der Waals surface area contributed by atoms with Crippen LogP contribution < -0.4 is 10.1 Å². The van der Waals surface area contributed by atoms with Crippen molar-refractivity contribution in [3.63, 3.8) is 0 Å². The molecule has 1 aliphatic heterocycles. The highest BCUT2D eigenvalue weighted by Gasteiger charge is 2.43. The summed E-state index contributed by atoms with van der Waals surface area (Å²) >= 11 is 0. The Bertz CT molecular complexity index is 558. The van der Waals surface area contributed by atoms with Gasteiger partial charge in [0.15, 0.2) is 0 Å². The number of methoxy groups -OCH3 is 1. The van der Waals surface area contributed by atoms with Crippen LogP contribution in [0.15, 0.2) is 24.3 Å². The molecule has 0 radical (unpaired) electrons. The van der Waals surface area contributed by atoms with E-state index in [4.69, 9.17) is 9.47 Å². The molecule has 0 aromatic heterocycles. The summed E-state index contributed by atoms with van der Waals surface area (Å²) in [6.45, 7) is 6.58. The predicted octanol–water partition coefficient (Wildman–Crippen LogP) is 2.20. The second kappa shape index (κ2) is 7.53. The Morgan fingerprint density at radius 3 is 2.75 bits per heavy atom. The van der Waals surface area contributed by atoms with E-state index in [1.54, 1.807) is 7.11 Å². The SMILES string of the molecule is COc1ccc(CN2CCO[C@H]3C[C@H](C(=O)NC(C)C)C[C@@H]32)cc1. The van der Waals surface area contributed by atoms with Crippen molar-refractivity contribution in [1.82, 2.24) is 10.2 Å². The Hall–Kier alpha value is -1.59. The smallest absolute Gasteiger partial charge is 0.223 e. The Kier molecular flexibility index (Phi) is 5.41. The van der Waals surface area contributed by atoms with Gasteiger partial charge in [-0.25, -0.2) is 0 Å². The molecule has 24 heavy (non-hydrogen) atoms. The van der Waals surface area contributed by atoms with Gasteiger partial charge < -0.3 is 14.8 Å². The molecule has 1 aromatic rings. The van der Waals surface area contributed by atoms with Gasteiger partial charge in [-0.2, -0.15) is 0 Å². The second-order valence-corrected chi connectivity index (χ2v) is 7.13. The number of ether oxygens (including phenoxy) is 2. The molecule has 2 aliphatic rings. The minimum Gasteiger partial charge on any atom is -0.497 e. The Labute approximate surface area is 144 Å². The number of carbonyl (C=O) groups excluding carboxylic acids is 1. The zero-order valence-electron chi connectivity index (χ0n) is 14.8. The molecule has 5 nitrogen and oxygen atoms in total. The average Bonchev–Trinajstić information content (AvgIpc) is 3.00. The summed E-state index contributed by atoms with van der Waals surface area (Å²) in [6.07, 6.45) is 1.90. The van der Waals surface area contributed by atoms with Crippen LogP contribution in [0.25, 0.3) is 0 Å². The van der Waals surface area contributed by atoms with Gasteiger partial charge in [0.25, 0.3) is 0 Å². The molecule has 1 N–H and O–H groups in total. The van der Waals surface area contributed by atoms with E-state index < -0.39 is 0 Å². The zero-order valence-corrected chi connectivity index (χ0v) is 14.8. The molecule has 1 amide bonds. The molecular formula is C19H28N2O3. The summed E-state index contributed by atoms with van der Waals surface area (Å²) < 4.78 is 11.2. The van der Waals surface area contributed by atoms with Gasteiger partial charge in [-0.05, 0) is 44.4 Å². The van der Waals surface area contributed by atoms with Crippen LogP contribution in [-0.2, 0) is 16.1 Å². The van der Waals surface area contributed by atoms with Crippen LogP contribution in [0.5, 0.6) is 5.75 Å². The first-order chi connectivity index (χ1) is 11.6. The maximum absolute atomic E-state index is 12.3. The highest BCUT2D eigenvalue weighted by atomic mass is 16.5. The van der Waals surface area contributed by atoms with Crippen LogP contribution in [0.1, 0.15) is 32.3 Å². The van der Waals surface area contributed by atoms with E-state index in [1.807, 2.05) is 26.0 Å². The molecule has 1 saturated heterocycles. The highest BCUT2D eigenvalue weighted by molar-refractivity contribution is 5.79. The lowest BCUT2D eigenvalue weighted by atomic mass is 10.1. The average molecular weight is 332 g/mol. The summed E-state index contributed by atoms with van der Waals surface area (Å²) in [5.74, 6) is 1.12.